The van der Waals surface area contributed by atoms with Crippen LogP contribution in [-0.2, 0) is 0 Å². The number of nitrogens with zero attached hydrogens (tertiary/aromatic N) is 3. The van der Waals surface area contributed by atoms with Crippen molar-refractivity contribution in [3.63, 3.8) is 0 Å². The van der Waals surface area contributed by atoms with E-state index in [1.54, 1.807) is 7.06 Å². The van der Waals surface area contributed by atoms with E-state index in [4.69, 9.17) is 12.7 Å². The van der Waals surface area contributed by atoms with Crippen molar-refractivity contribution < 1.29 is 0 Å². The Balaban J connectivity index is 2.32. The number of aromatic nitrogens is 3. The second kappa shape index (κ2) is 4.66. The minimum Gasteiger partial charge on any atom is -0.277 e. The Kier molecular flexibility index (Phi) is 2.77. The van der Waals surface area contributed by atoms with Gasteiger partial charge in [0, 0.05) is 26.4 Å². The van der Waals surface area contributed by atoms with E-state index in [0.29, 0.717) is 0 Å². The number of hydrogen-bond donors (Lipinski definition) is 0. The number of benzene rings is 1. The third kappa shape index (κ3) is 1.72. The van der Waals surface area contributed by atoms with Crippen LogP contribution in [-0.4, -0.2) is 36.3 Å². The fourth-order valence-electron chi connectivity index (χ4n) is 2.90. The molecule has 0 atom stereocenters. The van der Waals surface area contributed by atoms with Gasteiger partial charge in [-0.3, -0.25) is 4.40 Å². The Labute approximate surface area is 125 Å². The molecule has 0 N–H and O–H groups in total. The summed E-state index contributed by atoms with van der Waals surface area (Å²) in [5, 5.41) is 1.11. The molecular formula is C15H10B3N3. The van der Waals surface area contributed by atoms with Gasteiger partial charge in [0.2, 0.25) is 0 Å². The summed E-state index contributed by atoms with van der Waals surface area (Å²) in [5.41, 5.74) is 6.01. The normalized spacial score (nSPS) is 11.3. The molecule has 3 aromatic heterocycles. The Bertz CT molecular complexity index is 978. The van der Waals surface area contributed by atoms with Crippen LogP contribution in [0.2, 0.25) is 0 Å². The summed E-state index contributed by atoms with van der Waals surface area (Å²) in [6.45, 7) is 2.08. The zero-order chi connectivity index (χ0) is 14.4. The number of fused-ring (bicyclic) bond motifs is 5. The molecule has 0 fully saturated rings. The molecule has 3 nitrogen and oxygen atoms in total. The highest BCUT2D eigenvalue weighted by atomic mass is 15.1. The van der Waals surface area contributed by atoms with E-state index >= 15 is 0 Å². The Hall–Kier alpha value is -2.23. The molecular weight excluding hydrogens is 255 g/mol. The molecule has 0 aliphatic rings. The average Bonchev–Trinajstić information content (AvgIpc) is 2.91. The molecule has 21 heavy (non-hydrogen) atoms. The number of pyridine rings is 2. The molecule has 0 amide bonds. The van der Waals surface area contributed by atoms with Crippen molar-refractivity contribution >= 4 is 55.1 Å². The zero-order valence-electron chi connectivity index (χ0n) is 11.6. The summed E-state index contributed by atoms with van der Waals surface area (Å²) in [7, 11) is 9.09. The Morgan fingerprint density at radius 1 is 1.10 bits per heavy atom. The topological polar surface area (TPSA) is 30.2 Å². The summed E-state index contributed by atoms with van der Waals surface area (Å²) in [5.74, 6) is 0. The molecule has 0 saturated heterocycles. The molecule has 0 unspecified atom stereocenters. The molecule has 4 aromatic rings. The predicted molar refractivity (Wildman–Crippen MR) is 89.6 cm³/mol. The van der Waals surface area contributed by atoms with E-state index in [1.165, 1.54) is 0 Å². The molecule has 94 valence electrons. The minimum atomic E-state index is 0.890. The number of rotatable bonds is 2. The first-order valence-electron chi connectivity index (χ1n) is 6.84. The molecule has 0 bridgehead atoms. The third-order valence-electron chi connectivity index (χ3n) is 3.87. The molecule has 4 radical (unpaired) electrons. The van der Waals surface area contributed by atoms with Crippen molar-refractivity contribution in [1.82, 2.24) is 14.4 Å². The van der Waals surface area contributed by atoms with Gasteiger partial charge in [-0.05, 0) is 36.8 Å². The first kappa shape index (κ1) is 12.5. The fraction of sp³-hybridized carbons (Fsp3) is 0.0667. The standard InChI is InChI=1S/C15H10B3N3/c1-9-10-5-4-8-19-14(10)21-12-7-3-2-6-11(12)20-15(21)13(9)17-18-16/h2-8H,1H3. The lowest BCUT2D eigenvalue weighted by atomic mass is 9.26. The quantitative estimate of drug-likeness (QED) is 0.512. The monoisotopic (exact) mass is 265 g/mol. The smallest absolute Gasteiger partial charge is 0.146 e. The molecule has 0 aliphatic heterocycles. The predicted octanol–water partition coefficient (Wildman–Crippen LogP) is 1.38. The SMILES string of the molecule is [B][B][B]c1c(C)c2cccnc2n2c1nc1ccccc12. The van der Waals surface area contributed by atoms with Crippen LogP contribution in [0.15, 0.2) is 42.6 Å². The van der Waals surface area contributed by atoms with Crippen molar-refractivity contribution in [3.05, 3.63) is 48.2 Å². The Morgan fingerprint density at radius 3 is 2.81 bits per heavy atom. The lowest BCUT2D eigenvalue weighted by molar-refractivity contribution is 1.22. The maximum atomic E-state index is 5.63. The average molecular weight is 265 g/mol. The Morgan fingerprint density at radius 2 is 1.95 bits per heavy atom. The van der Waals surface area contributed by atoms with Crippen LogP contribution in [0.5, 0.6) is 0 Å². The summed E-state index contributed by atoms with van der Waals surface area (Å²) in [4.78, 5) is 9.32. The van der Waals surface area contributed by atoms with Gasteiger partial charge < -0.3 is 0 Å². The number of para-hydroxylation sites is 2. The number of imidazole rings is 1. The minimum absolute atomic E-state index is 0.890. The first-order valence-corrected chi connectivity index (χ1v) is 6.84. The van der Waals surface area contributed by atoms with Gasteiger partial charge in [-0.2, -0.15) is 0 Å². The third-order valence-corrected chi connectivity index (χ3v) is 3.87. The lowest BCUT2D eigenvalue weighted by Gasteiger charge is -2.11. The van der Waals surface area contributed by atoms with Gasteiger partial charge in [-0.1, -0.05) is 17.6 Å². The van der Waals surface area contributed by atoms with E-state index in [9.17, 15) is 0 Å². The number of aryl methyl sites for hydroxylation is 1. The molecule has 0 aliphatic carbocycles. The molecule has 4 rings (SSSR count). The zero-order valence-corrected chi connectivity index (χ0v) is 11.6. The summed E-state index contributed by atoms with van der Waals surface area (Å²) >= 11 is 0. The molecule has 0 saturated carbocycles. The second-order valence-corrected chi connectivity index (χ2v) is 5.03. The molecule has 3 heterocycles. The van der Waals surface area contributed by atoms with Gasteiger partial charge >= 0.3 is 0 Å². The number of hydrogen-bond acceptors (Lipinski definition) is 2. The summed E-state index contributed by atoms with van der Waals surface area (Å²) < 4.78 is 2.10. The maximum Gasteiger partial charge on any atom is 0.146 e. The van der Waals surface area contributed by atoms with Crippen LogP contribution in [0.1, 0.15) is 5.56 Å². The van der Waals surface area contributed by atoms with Crippen molar-refractivity contribution in [2.45, 2.75) is 6.92 Å². The highest BCUT2D eigenvalue weighted by Gasteiger charge is 2.15. The molecule has 0 spiro atoms. The van der Waals surface area contributed by atoms with Gasteiger partial charge in [0.15, 0.2) is 0 Å². The van der Waals surface area contributed by atoms with Crippen molar-refractivity contribution in [3.8, 4) is 0 Å². The first-order chi connectivity index (χ1) is 10.3. The van der Waals surface area contributed by atoms with E-state index < -0.39 is 0 Å². The second-order valence-electron chi connectivity index (χ2n) is 5.03. The highest BCUT2D eigenvalue weighted by molar-refractivity contribution is 7.28. The van der Waals surface area contributed by atoms with E-state index in [-0.39, 0.29) is 0 Å². The van der Waals surface area contributed by atoms with Gasteiger partial charge in [0.25, 0.3) is 0 Å². The van der Waals surface area contributed by atoms with Gasteiger partial charge in [-0.25, -0.2) is 9.97 Å². The van der Waals surface area contributed by atoms with Crippen molar-refractivity contribution in [2.75, 3.05) is 0 Å². The van der Waals surface area contributed by atoms with E-state index in [0.717, 1.165) is 38.7 Å². The van der Waals surface area contributed by atoms with Crippen LogP contribution < -0.4 is 5.46 Å². The van der Waals surface area contributed by atoms with Crippen LogP contribution in [0.3, 0.4) is 0 Å². The van der Waals surface area contributed by atoms with Crippen LogP contribution >= 0.6 is 0 Å². The largest absolute Gasteiger partial charge is 0.277 e. The summed E-state index contributed by atoms with van der Waals surface area (Å²) in [6, 6.07) is 12.1. The van der Waals surface area contributed by atoms with E-state index in [1.807, 2.05) is 37.6 Å². The lowest BCUT2D eigenvalue weighted by Crippen LogP contribution is -2.27. The fourth-order valence-corrected chi connectivity index (χ4v) is 2.90. The molecule has 1 aromatic carbocycles. The van der Waals surface area contributed by atoms with Crippen LogP contribution in [0.25, 0.3) is 27.7 Å². The highest BCUT2D eigenvalue weighted by Crippen LogP contribution is 2.23. The summed E-state index contributed by atoms with van der Waals surface area (Å²) in [6.07, 6.45) is 1.81. The van der Waals surface area contributed by atoms with Gasteiger partial charge in [-0.15, -0.1) is 0 Å². The molecule has 6 heteroatoms. The van der Waals surface area contributed by atoms with Crippen molar-refractivity contribution in [1.29, 1.82) is 0 Å². The van der Waals surface area contributed by atoms with Gasteiger partial charge in [0.1, 0.15) is 18.5 Å². The van der Waals surface area contributed by atoms with Crippen molar-refractivity contribution in [2.24, 2.45) is 0 Å². The maximum absolute atomic E-state index is 5.63. The van der Waals surface area contributed by atoms with Gasteiger partial charge in [0.05, 0.1) is 11.0 Å². The van der Waals surface area contributed by atoms with E-state index in [2.05, 4.69) is 28.4 Å². The van der Waals surface area contributed by atoms with Crippen LogP contribution in [0, 0.1) is 6.92 Å². The van der Waals surface area contributed by atoms with Crippen LogP contribution in [0.4, 0.5) is 0 Å².